The van der Waals surface area contributed by atoms with Crippen molar-refractivity contribution < 1.29 is 5.11 Å². The molecule has 1 rings (SSSR count). The van der Waals surface area contributed by atoms with Crippen LogP contribution < -0.4 is 0 Å². The van der Waals surface area contributed by atoms with Crippen molar-refractivity contribution in [2.75, 3.05) is 0 Å². The van der Waals surface area contributed by atoms with Crippen molar-refractivity contribution in [2.45, 2.75) is 32.8 Å². The summed E-state index contributed by atoms with van der Waals surface area (Å²) in [4.78, 5) is 0. The van der Waals surface area contributed by atoms with Gasteiger partial charge in [0.1, 0.15) is 6.10 Å². The summed E-state index contributed by atoms with van der Waals surface area (Å²) in [6, 6.07) is 0. The van der Waals surface area contributed by atoms with Crippen molar-refractivity contribution in [1.29, 1.82) is 0 Å². The van der Waals surface area contributed by atoms with E-state index < -0.39 is 0 Å². The van der Waals surface area contributed by atoms with E-state index >= 15 is 0 Å². The van der Waals surface area contributed by atoms with Gasteiger partial charge in [0.15, 0.2) is 0 Å². The van der Waals surface area contributed by atoms with Crippen molar-refractivity contribution in [3.05, 3.63) is 0 Å². The Kier molecular flexibility index (Phi) is 2.34. The molecule has 0 aliphatic heterocycles. The van der Waals surface area contributed by atoms with Gasteiger partial charge in [-0.3, -0.25) is 0 Å². The lowest BCUT2D eigenvalue weighted by molar-refractivity contribution is 0.209. The van der Waals surface area contributed by atoms with Crippen molar-refractivity contribution in [1.82, 2.24) is 0 Å². The molecule has 0 unspecified atom stereocenters. The Morgan fingerprint density at radius 3 is 2.30 bits per heavy atom. The minimum Gasteiger partial charge on any atom is -0.380 e. The number of hydrogen-bond acceptors (Lipinski definition) is 1. The zero-order valence-corrected chi connectivity index (χ0v) is 6.59. The Morgan fingerprint density at radius 2 is 1.90 bits per heavy atom. The standard InChI is InChI=1S/C9H14O/c1-7(2)3-6-9(10)8-4-5-8/h7-10H,4-5H2,1-2H3/t9-/m0/s1. The summed E-state index contributed by atoms with van der Waals surface area (Å²) >= 11 is 0. The van der Waals surface area contributed by atoms with Crippen molar-refractivity contribution in [2.24, 2.45) is 11.8 Å². The van der Waals surface area contributed by atoms with E-state index in [0.717, 1.165) is 12.8 Å². The maximum Gasteiger partial charge on any atom is 0.117 e. The highest BCUT2D eigenvalue weighted by atomic mass is 16.3. The van der Waals surface area contributed by atoms with E-state index in [2.05, 4.69) is 11.8 Å². The maximum absolute atomic E-state index is 9.26. The predicted octanol–water partition coefficient (Wildman–Crippen LogP) is 1.42. The van der Waals surface area contributed by atoms with Crippen molar-refractivity contribution in [3.63, 3.8) is 0 Å². The maximum atomic E-state index is 9.26. The lowest BCUT2D eigenvalue weighted by Crippen LogP contribution is -2.05. The SMILES string of the molecule is CC(C)C#C[C@H](O)C1CC1. The Hall–Kier alpha value is -0.480. The van der Waals surface area contributed by atoms with Gasteiger partial charge in [0, 0.05) is 5.92 Å². The molecular weight excluding hydrogens is 124 g/mol. The first kappa shape index (κ1) is 7.63. The van der Waals surface area contributed by atoms with Crippen LogP contribution in [0, 0.1) is 23.7 Å². The lowest BCUT2D eigenvalue weighted by Gasteiger charge is -1.97. The van der Waals surface area contributed by atoms with E-state index in [9.17, 15) is 5.11 Å². The lowest BCUT2D eigenvalue weighted by atomic mass is 10.2. The molecule has 0 heterocycles. The molecule has 0 saturated heterocycles. The summed E-state index contributed by atoms with van der Waals surface area (Å²) in [5, 5.41) is 9.26. The zero-order chi connectivity index (χ0) is 7.56. The van der Waals surface area contributed by atoms with Crippen LogP contribution in [0.1, 0.15) is 26.7 Å². The fraction of sp³-hybridized carbons (Fsp3) is 0.778. The number of rotatable bonds is 1. The third-order valence-corrected chi connectivity index (χ3v) is 1.59. The van der Waals surface area contributed by atoms with Gasteiger partial charge in [0.05, 0.1) is 0 Å². The van der Waals surface area contributed by atoms with Crippen LogP contribution >= 0.6 is 0 Å². The average Bonchev–Trinajstić information content (AvgIpc) is 2.63. The third-order valence-electron chi connectivity index (χ3n) is 1.59. The van der Waals surface area contributed by atoms with Crippen LogP contribution in [0.3, 0.4) is 0 Å². The molecule has 1 aliphatic carbocycles. The molecule has 1 aliphatic rings. The molecule has 56 valence electrons. The van der Waals surface area contributed by atoms with Gasteiger partial charge in [-0.1, -0.05) is 25.7 Å². The normalized spacial score (nSPS) is 20.0. The van der Waals surface area contributed by atoms with Gasteiger partial charge in [-0.25, -0.2) is 0 Å². The first-order valence-corrected chi connectivity index (χ1v) is 3.89. The summed E-state index contributed by atoms with van der Waals surface area (Å²) in [6.07, 6.45) is 1.98. The topological polar surface area (TPSA) is 20.2 Å². The van der Waals surface area contributed by atoms with Crippen LogP contribution in [-0.4, -0.2) is 11.2 Å². The van der Waals surface area contributed by atoms with E-state index in [0.29, 0.717) is 11.8 Å². The van der Waals surface area contributed by atoms with Crippen LogP contribution in [0.25, 0.3) is 0 Å². The molecule has 0 amide bonds. The molecule has 10 heavy (non-hydrogen) atoms. The fourth-order valence-electron chi connectivity index (χ4n) is 0.782. The highest BCUT2D eigenvalue weighted by molar-refractivity contribution is 5.10. The second kappa shape index (κ2) is 3.07. The van der Waals surface area contributed by atoms with Gasteiger partial charge >= 0.3 is 0 Å². The van der Waals surface area contributed by atoms with Gasteiger partial charge in [0.2, 0.25) is 0 Å². The molecule has 1 atom stereocenters. The molecular formula is C9H14O. The average molecular weight is 138 g/mol. The van der Waals surface area contributed by atoms with E-state index in [-0.39, 0.29) is 6.10 Å². The third kappa shape index (κ3) is 2.41. The van der Waals surface area contributed by atoms with E-state index in [4.69, 9.17) is 0 Å². The molecule has 1 nitrogen and oxygen atoms in total. The van der Waals surface area contributed by atoms with Crippen LogP contribution in [0.4, 0.5) is 0 Å². The molecule has 0 bridgehead atoms. The summed E-state index contributed by atoms with van der Waals surface area (Å²) in [5.74, 6) is 6.69. The van der Waals surface area contributed by atoms with Crippen LogP contribution in [0.2, 0.25) is 0 Å². The molecule has 0 aromatic heterocycles. The van der Waals surface area contributed by atoms with E-state index in [1.807, 2.05) is 13.8 Å². The van der Waals surface area contributed by atoms with Gasteiger partial charge < -0.3 is 5.11 Å². The summed E-state index contributed by atoms with van der Waals surface area (Å²) < 4.78 is 0. The number of aliphatic hydroxyl groups excluding tert-OH is 1. The molecule has 1 N–H and O–H groups in total. The Labute approximate surface area is 62.4 Å². The van der Waals surface area contributed by atoms with Gasteiger partial charge in [-0.2, -0.15) is 0 Å². The molecule has 0 aromatic rings. The van der Waals surface area contributed by atoms with Gasteiger partial charge in [-0.15, -0.1) is 0 Å². The van der Waals surface area contributed by atoms with Gasteiger partial charge in [0.25, 0.3) is 0 Å². The molecule has 1 fully saturated rings. The Morgan fingerprint density at radius 1 is 1.30 bits per heavy atom. The predicted molar refractivity (Wildman–Crippen MR) is 41.3 cm³/mol. The summed E-state index contributed by atoms with van der Waals surface area (Å²) in [7, 11) is 0. The number of hydrogen-bond donors (Lipinski definition) is 1. The smallest absolute Gasteiger partial charge is 0.117 e. The Balaban J connectivity index is 2.29. The molecule has 0 spiro atoms. The highest BCUT2D eigenvalue weighted by Crippen LogP contribution is 2.32. The molecule has 0 radical (unpaired) electrons. The van der Waals surface area contributed by atoms with Crippen LogP contribution in [0.5, 0.6) is 0 Å². The first-order chi connectivity index (χ1) is 4.70. The summed E-state index contributed by atoms with van der Waals surface area (Å²) in [5.41, 5.74) is 0. The minimum atomic E-state index is -0.345. The van der Waals surface area contributed by atoms with E-state index in [1.54, 1.807) is 0 Å². The van der Waals surface area contributed by atoms with Crippen LogP contribution in [0.15, 0.2) is 0 Å². The zero-order valence-electron chi connectivity index (χ0n) is 6.59. The molecule has 1 saturated carbocycles. The second-order valence-corrected chi connectivity index (χ2v) is 3.23. The van der Waals surface area contributed by atoms with Gasteiger partial charge in [-0.05, 0) is 18.8 Å². The fourth-order valence-corrected chi connectivity index (χ4v) is 0.782. The minimum absolute atomic E-state index is 0.345. The quantitative estimate of drug-likeness (QED) is 0.543. The van der Waals surface area contributed by atoms with Crippen LogP contribution in [-0.2, 0) is 0 Å². The summed E-state index contributed by atoms with van der Waals surface area (Å²) in [6.45, 7) is 4.07. The van der Waals surface area contributed by atoms with Crippen molar-refractivity contribution >= 4 is 0 Å². The van der Waals surface area contributed by atoms with Crippen molar-refractivity contribution in [3.8, 4) is 11.8 Å². The molecule has 0 aromatic carbocycles. The van der Waals surface area contributed by atoms with E-state index in [1.165, 1.54) is 0 Å². The first-order valence-electron chi connectivity index (χ1n) is 3.89. The number of aliphatic hydroxyl groups is 1. The highest BCUT2D eigenvalue weighted by Gasteiger charge is 2.28. The Bertz CT molecular complexity index is 157. The monoisotopic (exact) mass is 138 g/mol. The molecule has 1 heteroatoms. The second-order valence-electron chi connectivity index (χ2n) is 3.23. The largest absolute Gasteiger partial charge is 0.380 e.